The molecular weight excluding hydrogens is 226 g/mol. The van der Waals surface area contributed by atoms with Crippen LogP contribution >= 0.6 is 0 Å². The van der Waals surface area contributed by atoms with Crippen molar-refractivity contribution in [1.82, 2.24) is 14.3 Å². The van der Waals surface area contributed by atoms with Crippen molar-refractivity contribution in [2.75, 3.05) is 7.05 Å². The molecular formula is C10H19N3O2S. The van der Waals surface area contributed by atoms with E-state index in [4.69, 9.17) is 0 Å². The molecule has 16 heavy (non-hydrogen) atoms. The van der Waals surface area contributed by atoms with Gasteiger partial charge in [-0.3, -0.25) is 0 Å². The van der Waals surface area contributed by atoms with Gasteiger partial charge in [0.15, 0.2) is 5.03 Å². The summed E-state index contributed by atoms with van der Waals surface area (Å²) in [7, 11) is -1.87. The summed E-state index contributed by atoms with van der Waals surface area (Å²) in [4.78, 5) is 6.35. The van der Waals surface area contributed by atoms with Crippen LogP contribution in [0.4, 0.5) is 0 Å². The van der Waals surface area contributed by atoms with E-state index < -0.39 is 10.0 Å². The Morgan fingerprint density at radius 1 is 1.44 bits per heavy atom. The van der Waals surface area contributed by atoms with Crippen LogP contribution in [0, 0.1) is 5.41 Å². The van der Waals surface area contributed by atoms with Gasteiger partial charge in [0.05, 0.1) is 12.5 Å². The molecule has 1 N–H and O–H groups in total. The molecule has 1 unspecified atom stereocenters. The monoisotopic (exact) mass is 245 g/mol. The van der Waals surface area contributed by atoms with Crippen molar-refractivity contribution in [2.45, 2.75) is 38.8 Å². The number of hydrogen-bond acceptors (Lipinski definition) is 3. The lowest BCUT2D eigenvalue weighted by atomic mass is 9.88. The zero-order valence-corrected chi connectivity index (χ0v) is 11.2. The van der Waals surface area contributed by atoms with Crippen LogP contribution in [-0.4, -0.2) is 35.8 Å². The van der Waals surface area contributed by atoms with Gasteiger partial charge in [0, 0.05) is 13.1 Å². The van der Waals surface area contributed by atoms with Gasteiger partial charge in [-0.05, 0) is 12.3 Å². The van der Waals surface area contributed by atoms with Crippen LogP contribution in [-0.2, 0) is 10.0 Å². The predicted octanol–water partition coefficient (Wildman–Crippen LogP) is 1.46. The molecule has 0 amide bonds. The van der Waals surface area contributed by atoms with E-state index in [0.717, 1.165) is 0 Å². The second-order valence-corrected chi connectivity index (χ2v) is 6.95. The first-order valence-electron chi connectivity index (χ1n) is 5.14. The maximum Gasteiger partial charge on any atom is 0.260 e. The first-order chi connectivity index (χ1) is 7.17. The lowest BCUT2D eigenvalue weighted by Crippen LogP contribution is -2.42. The summed E-state index contributed by atoms with van der Waals surface area (Å²) in [6, 6.07) is -0.0965. The Kier molecular flexibility index (Phi) is 3.44. The van der Waals surface area contributed by atoms with Gasteiger partial charge in [-0.15, -0.1) is 0 Å². The number of nitrogens with zero attached hydrogens (tertiary/aromatic N) is 2. The summed E-state index contributed by atoms with van der Waals surface area (Å²) < 4.78 is 25.6. The molecule has 1 heterocycles. The van der Waals surface area contributed by atoms with Crippen molar-refractivity contribution in [3.05, 3.63) is 12.5 Å². The number of hydrogen-bond donors (Lipinski definition) is 1. The standard InChI is InChI=1S/C10H19N3O2S/c1-8(10(2,3)4)13(5)16(14,15)9-6-11-7-12-9/h6-8H,1-5H3,(H,11,12). The first-order valence-corrected chi connectivity index (χ1v) is 6.58. The van der Waals surface area contributed by atoms with Gasteiger partial charge in [-0.25, -0.2) is 13.4 Å². The van der Waals surface area contributed by atoms with E-state index in [1.807, 2.05) is 27.7 Å². The minimum Gasteiger partial charge on any atom is -0.335 e. The van der Waals surface area contributed by atoms with E-state index in [1.54, 1.807) is 7.05 Å². The first kappa shape index (κ1) is 13.2. The van der Waals surface area contributed by atoms with Gasteiger partial charge >= 0.3 is 0 Å². The maximum absolute atomic E-state index is 12.1. The van der Waals surface area contributed by atoms with Crippen molar-refractivity contribution in [2.24, 2.45) is 5.41 Å². The number of nitrogens with one attached hydrogen (secondary N) is 1. The van der Waals surface area contributed by atoms with E-state index >= 15 is 0 Å². The van der Waals surface area contributed by atoms with E-state index in [9.17, 15) is 8.42 Å². The average Bonchev–Trinajstić information content (AvgIpc) is 2.67. The third-order valence-corrected chi connectivity index (χ3v) is 4.78. The van der Waals surface area contributed by atoms with Crippen molar-refractivity contribution < 1.29 is 8.42 Å². The van der Waals surface area contributed by atoms with Gasteiger partial charge < -0.3 is 4.98 Å². The minimum atomic E-state index is -3.46. The summed E-state index contributed by atoms with van der Waals surface area (Å²) in [6.07, 6.45) is 2.68. The number of imidazole rings is 1. The molecule has 0 aliphatic rings. The summed E-state index contributed by atoms with van der Waals surface area (Å²) in [5.74, 6) is 0. The molecule has 0 spiro atoms. The highest BCUT2D eigenvalue weighted by molar-refractivity contribution is 7.89. The third-order valence-electron chi connectivity index (χ3n) is 2.93. The summed E-state index contributed by atoms with van der Waals surface area (Å²) in [5.41, 5.74) is -0.109. The third kappa shape index (κ3) is 2.44. The van der Waals surface area contributed by atoms with E-state index in [1.165, 1.54) is 16.8 Å². The number of aromatic nitrogens is 2. The highest BCUT2D eigenvalue weighted by Crippen LogP contribution is 2.26. The van der Waals surface area contributed by atoms with Crippen molar-refractivity contribution in [1.29, 1.82) is 0 Å². The molecule has 0 aliphatic heterocycles. The molecule has 0 saturated carbocycles. The van der Waals surface area contributed by atoms with E-state index in [2.05, 4.69) is 9.97 Å². The molecule has 0 radical (unpaired) electrons. The van der Waals surface area contributed by atoms with E-state index in [0.29, 0.717) is 0 Å². The van der Waals surface area contributed by atoms with Crippen LogP contribution in [0.3, 0.4) is 0 Å². The number of H-pyrrole nitrogens is 1. The second kappa shape index (κ2) is 4.18. The van der Waals surface area contributed by atoms with Crippen LogP contribution in [0.15, 0.2) is 17.6 Å². The molecule has 1 atom stereocenters. The molecule has 1 aromatic heterocycles. The molecule has 0 aromatic carbocycles. The summed E-state index contributed by atoms with van der Waals surface area (Å²) in [6.45, 7) is 7.93. The minimum absolute atomic E-state index is 0.0965. The molecule has 6 heteroatoms. The summed E-state index contributed by atoms with van der Waals surface area (Å²) >= 11 is 0. The Morgan fingerprint density at radius 2 is 2.00 bits per heavy atom. The fourth-order valence-corrected chi connectivity index (χ4v) is 2.73. The number of sulfonamides is 1. The lowest BCUT2D eigenvalue weighted by Gasteiger charge is -2.34. The second-order valence-electron chi connectivity index (χ2n) is 4.98. The average molecular weight is 245 g/mol. The molecule has 0 bridgehead atoms. The highest BCUT2D eigenvalue weighted by atomic mass is 32.2. The highest BCUT2D eigenvalue weighted by Gasteiger charge is 2.32. The van der Waals surface area contributed by atoms with Crippen LogP contribution in [0.25, 0.3) is 0 Å². The van der Waals surface area contributed by atoms with Crippen molar-refractivity contribution in [3.8, 4) is 0 Å². The normalized spacial score (nSPS) is 15.4. The summed E-state index contributed by atoms with van der Waals surface area (Å²) in [5, 5.41) is 0.131. The van der Waals surface area contributed by atoms with Crippen LogP contribution < -0.4 is 0 Å². The van der Waals surface area contributed by atoms with Gasteiger partial charge in [-0.2, -0.15) is 4.31 Å². The molecule has 0 fully saturated rings. The Labute approximate surface area is 96.9 Å². The SMILES string of the molecule is CC(N(C)S(=O)(=O)c1cnc[nH]1)C(C)(C)C. The van der Waals surface area contributed by atoms with Crippen LogP contribution in [0.1, 0.15) is 27.7 Å². The fraction of sp³-hybridized carbons (Fsp3) is 0.700. The van der Waals surface area contributed by atoms with Gasteiger partial charge in [0.1, 0.15) is 0 Å². The van der Waals surface area contributed by atoms with Gasteiger partial charge in [-0.1, -0.05) is 20.8 Å². The Balaban J connectivity index is 3.03. The molecule has 0 saturated heterocycles. The van der Waals surface area contributed by atoms with Gasteiger partial charge in [0.2, 0.25) is 0 Å². The quantitative estimate of drug-likeness (QED) is 0.876. The van der Waals surface area contributed by atoms with Crippen LogP contribution in [0.5, 0.6) is 0 Å². The zero-order chi connectivity index (χ0) is 12.6. The molecule has 1 aromatic rings. The number of rotatable bonds is 3. The Morgan fingerprint density at radius 3 is 2.38 bits per heavy atom. The van der Waals surface area contributed by atoms with Gasteiger partial charge in [0.25, 0.3) is 10.0 Å². The Bertz CT molecular complexity index is 431. The van der Waals surface area contributed by atoms with Crippen LogP contribution in [0.2, 0.25) is 0 Å². The van der Waals surface area contributed by atoms with Crippen molar-refractivity contribution >= 4 is 10.0 Å². The fourth-order valence-electron chi connectivity index (χ4n) is 1.29. The molecule has 92 valence electrons. The van der Waals surface area contributed by atoms with Crippen molar-refractivity contribution in [3.63, 3.8) is 0 Å². The Hall–Kier alpha value is -0.880. The topological polar surface area (TPSA) is 66.1 Å². The zero-order valence-electron chi connectivity index (χ0n) is 10.4. The molecule has 5 nitrogen and oxygen atoms in total. The molecule has 0 aliphatic carbocycles. The smallest absolute Gasteiger partial charge is 0.260 e. The van der Waals surface area contributed by atoms with E-state index in [-0.39, 0.29) is 16.5 Å². The predicted molar refractivity (Wildman–Crippen MR) is 62.5 cm³/mol. The maximum atomic E-state index is 12.1. The largest absolute Gasteiger partial charge is 0.335 e. The lowest BCUT2D eigenvalue weighted by molar-refractivity contribution is 0.216. The molecule has 1 rings (SSSR count). The number of aromatic amines is 1.